The smallest absolute Gasteiger partial charge is 0.231 e. The lowest BCUT2D eigenvalue weighted by Gasteiger charge is -2.11. The van der Waals surface area contributed by atoms with E-state index in [1.54, 1.807) is 23.9 Å². The Kier molecular flexibility index (Phi) is 3.52. The zero-order chi connectivity index (χ0) is 16.6. The monoisotopic (exact) mass is 352 g/mol. The topological polar surface area (TPSA) is 68.6 Å². The third kappa shape index (κ3) is 2.60. The molecule has 3 heterocycles. The molecule has 0 spiro atoms. The summed E-state index contributed by atoms with van der Waals surface area (Å²) in [5.41, 5.74) is 5.43. The SMILES string of the molecule is C(=N\Nc1ncnc2sc3c(c12)CCCC3)/c1ccc2c(c1)OCO2. The lowest BCUT2D eigenvalue weighted by molar-refractivity contribution is 0.174. The van der Waals surface area contributed by atoms with Crippen molar-refractivity contribution in [2.45, 2.75) is 25.7 Å². The second kappa shape index (κ2) is 6.00. The van der Waals surface area contributed by atoms with Crippen molar-refractivity contribution < 1.29 is 9.47 Å². The van der Waals surface area contributed by atoms with Gasteiger partial charge in [0, 0.05) is 4.88 Å². The van der Waals surface area contributed by atoms with E-state index in [4.69, 9.17) is 9.47 Å². The second-order valence-electron chi connectivity index (χ2n) is 6.10. The quantitative estimate of drug-likeness (QED) is 0.574. The van der Waals surface area contributed by atoms with Gasteiger partial charge in [0.05, 0.1) is 11.6 Å². The fourth-order valence-corrected chi connectivity index (χ4v) is 4.57. The van der Waals surface area contributed by atoms with Crippen LogP contribution >= 0.6 is 11.3 Å². The Hall–Kier alpha value is -2.67. The van der Waals surface area contributed by atoms with E-state index in [-0.39, 0.29) is 6.79 Å². The van der Waals surface area contributed by atoms with Gasteiger partial charge in [-0.1, -0.05) is 0 Å². The van der Waals surface area contributed by atoms with E-state index >= 15 is 0 Å². The minimum Gasteiger partial charge on any atom is -0.454 e. The van der Waals surface area contributed by atoms with Crippen LogP contribution in [0.1, 0.15) is 28.8 Å². The molecule has 1 aliphatic carbocycles. The van der Waals surface area contributed by atoms with E-state index in [1.807, 2.05) is 18.2 Å². The van der Waals surface area contributed by atoms with Gasteiger partial charge in [0.25, 0.3) is 0 Å². The first kappa shape index (κ1) is 14.7. The molecule has 0 bridgehead atoms. The first-order chi connectivity index (χ1) is 12.4. The molecule has 2 aromatic heterocycles. The Morgan fingerprint density at radius 3 is 3.04 bits per heavy atom. The first-order valence-corrected chi connectivity index (χ1v) is 9.14. The number of hydrogen-bond donors (Lipinski definition) is 1. The summed E-state index contributed by atoms with van der Waals surface area (Å²) in [7, 11) is 0. The number of anilines is 1. The van der Waals surface area contributed by atoms with Crippen LogP contribution in [0.5, 0.6) is 11.5 Å². The number of nitrogens with zero attached hydrogens (tertiary/aromatic N) is 3. The van der Waals surface area contributed by atoms with Gasteiger partial charge in [-0.2, -0.15) is 5.10 Å². The van der Waals surface area contributed by atoms with Gasteiger partial charge in [0.15, 0.2) is 17.3 Å². The molecule has 0 amide bonds. The zero-order valence-electron chi connectivity index (χ0n) is 13.5. The van der Waals surface area contributed by atoms with E-state index < -0.39 is 0 Å². The third-order valence-corrected chi connectivity index (χ3v) is 5.73. The fourth-order valence-electron chi connectivity index (χ4n) is 3.34. The maximum absolute atomic E-state index is 5.39. The van der Waals surface area contributed by atoms with Crippen LogP contribution in [-0.4, -0.2) is 23.0 Å². The Morgan fingerprint density at radius 2 is 2.04 bits per heavy atom. The average Bonchev–Trinajstić information content (AvgIpc) is 3.25. The molecular weight excluding hydrogens is 336 g/mol. The van der Waals surface area contributed by atoms with Gasteiger partial charge < -0.3 is 9.47 Å². The summed E-state index contributed by atoms with van der Waals surface area (Å²) in [4.78, 5) is 11.3. The van der Waals surface area contributed by atoms with Crippen LogP contribution < -0.4 is 14.9 Å². The van der Waals surface area contributed by atoms with Crippen molar-refractivity contribution in [2.75, 3.05) is 12.2 Å². The predicted octanol–water partition coefficient (Wildman–Crippen LogP) is 3.74. The number of nitrogens with one attached hydrogen (secondary N) is 1. The van der Waals surface area contributed by atoms with E-state index in [0.29, 0.717) is 0 Å². The number of aromatic nitrogens is 2. The molecule has 25 heavy (non-hydrogen) atoms. The number of benzene rings is 1. The van der Waals surface area contributed by atoms with Gasteiger partial charge in [-0.05, 0) is 55.0 Å². The van der Waals surface area contributed by atoms with Crippen molar-refractivity contribution in [2.24, 2.45) is 5.10 Å². The molecule has 0 unspecified atom stereocenters. The van der Waals surface area contributed by atoms with Crippen molar-refractivity contribution in [3.63, 3.8) is 0 Å². The first-order valence-electron chi connectivity index (χ1n) is 8.32. The summed E-state index contributed by atoms with van der Waals surface area (Å²) in [6.07, 6.45) is 8.10. The van der Waals surface area contributed by atoms with Gasteiger partial charge in [-0.25, -0.2) is 9.97 Å². The zero-order valence-corrected chi connectivity index (χ0v) is 14.3. The maximum Gasteiger partial charge on any atom is 0.231 e. The molecule has 3 aromatic rings. The summed E-state index contributed by atoms with van der Waals surface area (Å²) >= 11 is 1.78. The second-order valence-corrected chi connectivity index (χ2v) is 7.18. The largest absolute Gasteiger partial charge is 0.454 e. The molecule has 126 valence electrons. The van der Waals surface area contributed by atoms with E-state index in [9.17, 15) is 0 Å². The highest BCUT2D eigenvalue weighted by atomic mass is 32.1. The molecule has 7 heteroatoms. The van der Waals surface area contributed by atoms with Crippen LogP contribution in [0.25, 0.3) is 10.2 Å². The fraction of sp³-hybridized carbons (Fsp3) is 0.278. The van der Waals surface area contributed by atoms with Crippen LogP contribution in [-0.2, 0) is 12.8 Å². The number of rotatable bonds is 3. The molecule has 0 radical (unpaired) electrons. The predicted molar refractivity (Wildman–Crippen MR) is 97.8 cm³/mol. The minimum atomic E-state index is 0.274. The van der Waals surface area contributed by atoms with Crippen LogP contribution in [0, 0.1) is 0 Å². The summed E-state index contributed by atoms with van der Waals surface area (Å²) in [5.74, 6) is 2.30. The number of hydrogen-bond acceptors (Lipinski definition) is 7. The summed E-state index contributed by atoms with van der Waals surface area (Å²) in [6.45, 7) is 0.274. The van der Waals surface area contributed by atoms with E-state index in [0.717, 1.165) is 45.9 Å². The number of thiophene rings is 1. The summed E-state index contributed by atoms with van der Waals surface area (Å²) in [6, 6.07) is 5.75. The Labute approximate surface area is 148 Å². The van der Waals surface area contributed by atoms with Gasteiger partial charge in [-0.3, -0.25) is 5.43 Å². The van der Waals surface area contributed by atoms with Crippen molar-refractivity contribution in [3.05, 3.63) is 40.5 Å². The van der Waals surface area contributed by atoms with Crippen molar-refractivity contribution in [3.8, 4) is 11.5 Å². The minimum absolute atomic E-state index is 0.274. The molecule has 0 fully saturated rings. The lowest BCUT2D eigenvalue weighted by Crippen LogP contribution is -2.00. The van der Waals surface area contributed by atoms with Crippen LogP contribution in [0.2, 0.25) is 0 Å². The standard InChI is InChI=1S/C18H16N4O2S/c1-2-4-15-12(3-1)16-17(19-9-20-18(16)25-15)22-21-8-11-5-6-13-14(7-11)24-10-23-13/h5-9H,1-4,10H2,(H,19,20,22)/b21-8+. The van der Waals surface area contributed by atoms with Crippen molar-refractivity contribution in [1.82, 2.24) is 9.97 Å². The molecular formula is C18H16N4O2S. The molecule has 0 atom stereocenters. The average molecular weight is 352 g/mol. The molecule has 1 aliphatic heterocycles. The van der Waals surface area contributed by atoms with Gasteiger partial charge in [0.2, 0.25) is 6.79 Å². The van der Waals surface area contributed by atoms with Crippen LogP contribution in [0.3, 0.4) is 0 Å². The van der Waals surface area contributed by atoms with Gasteiger partial charge in [0.1, 0.15) is 11.2 Å². The third-order valence-electron chi connectivity index (χ3n) is 4.53. The summed E-state index contributed by atoms with van der Waals surface area (Å²) < 4.78 is 10.7. The van der Waals surface area contributed by atoms with E-state index in [2.05, 4.69) is 20.5 Å². The molecule has 0 saturated heterocycles. The van der Waals surface area contributed by atoms with Crippen LogP contribution in [0.15, 0.2) is 29.6 Å². The lowest BCUT2D eigenvalue weighted by atomic mass is 9.97. The Bertz CT molecular complexity index is 983. The number of fused-ring (bicyclic) bond motifs is 4. The summed E-state index contributed by atoms with van der Waals surface area (Å²) in [5, 5.41) is 5.49. The molecule has 5 rings (SSSR count). The highest BCUT2D eigenvalue weighted by Gasteiger charge is 2.19. The molecule has 2 aliphatic rings. The molecule has 1 N–H and O–H groups in total. The Balaban J connectivity index is 1.43. The number of ether oxygens (including phenoxy) is 2. The van der Waals surface area contributed by atoms with Gasteiger partial charge in [-0.15, -0.1) is 11.3 Å². The number of hydrazone groups is 1. The molecule has 0 saturated carbocycles. The molecule has 1 aromatic carbocycles. The maximum atomic E-state index is 5.39. The van der Waals surface area contributed by atoms with Crippen LogP contribution in [0.4, 0.5) is 5.82 Å². The Morgan fingerprint density at radius 1 is 1.12 bits per heavy atom. The van der Waals surface area contributed by atoms with E-state index in [1.165, 1.54) is 23.3 Å². The molecule has 6 nitrogen and oxygen atoms in total. The highest BCUT2D eigenvalue weighted by Crippen LogP contribution is 2.38. The van der Waals surface area contributed by atoms with Crippen molar-refractivity contribution in [1.29, 1.82) is 0 Å². The number of aryl methyl sites for hydroxylation is 2. The van der Waals surface area contributed by atoms with Crippen molar-refractivity contribution >= 4 is 33.6 Å². The van der Waals surface area contributed by atoms with Gasteiger partial charge >= 0.3 is 0 Å². The highest BCUT2D eigenvalue weighted by molar-refractivity contribution is 7.19. The normalized spacial score (nSPS) is 15.7.